The van der Waals surface area contributed by atoms with Gasteiger partial charge in [-0.1, -0.05) is 0 Å². The third-order valence-corrected chi connectivity index (χ3v) is 5.57. The molecule has 0 radical (unpaired) electrons. The molecule has 0 bridgehead atoms. The molecule has 2 aromatic rings. The lowest BCUT2D eigenvalue weighted by molar-refractivity contribution is 0.406. The Bertz CT molecular complexity index is 790. The number of aryl methyl sites for hydroxylation is 2. The second-order valence-electron chi connectivity index (χ2n) is 4.17. The van der Waals surface area contributed by atoms with Crippen molar-refractivity contribution in [1.29, 1.82) is 0 Å². The summed E-state index contributed by atoms with van der Waals surface area (Å²) in [5.41, 5.74) is 0.210. The molecule has 0 saturated heterocycles. The van der Waals surface area contributed by atoms with E-state index in [1.807, 2.05) is 0 Å². The van der Waals surface area contributed by atoms with Crippen molar-refractivity contribution in [2.24, 2.45) is 7.05 Å². The van der Waals surface area contributed by atoms with Gasteiger partial charge in [-0.2, -0.15) is 0 Å². The molecule has 1 N–H and O–H groups in total. The summed E-state index contributed by atoms with van der Waals surface area (Å²) < 4.78 is 33.4. The van der Waals surface area contributed by atoms with Crippen LogP contribution in [0.15, 0.2) is 32.7 Å². The second-order valence-corrected chi connectivity index (χ2v) is 6.97. The van der Waals surface area contributed by atoms with E-state index in [0.29, 0.717) is 5.56 Å². The molecule has 2 rings (SSSR count). The van der Waals surface area contributed by atoms with Gasteiger partial charge < -0.3 is 9.30 Å². The normalized spacial score (nSPS) is 11.3. The maximum absolute atomic E-state index is 12.3. The molecule has 0 aliphatic carbocycles. The Morgan fingerprint density at radius 1 is 1.35 bits per heavy atom. The van der Waals surface area contributed by atoms with Crippen LogP contribution in [-0.2, 0) is 17.1 Å². The van der Waals surface area contributed by atoms with E-state index >= 15 is 0 Å². The molecule has 6 nitrogen and oxygen atoms in total. The van der Waals surface area contributed by atoms with Crippen molar-refractivity contribution in [3.63, 3.8) is 0 Å². The van der Waals surface area contributed by atoms with Crippen LogP contribution in [0.25, 0.3) is 0 Å². The molecule has 0 unspecified atom stereocenters. The van der Waals surface area contributed by atoms with Crippen LogP contribution in [0.3, 0.4) is 0 Å². The Morgan fingerprint density at radius 3 is 2.70 bits per heavy atom. The highest BCUT2D eigenvalue weighted by Crippen LogP contribution is 2.30. The van der Waals surface area contributed by atoms with Crippen molar-refractivity contribution in [3.05, 3.63) is 39.6 Å². The van der Waals surface area contributed by atoms with Gasteiger partial charge in [0.1, 0.15) is 11.4 Å². The summed E-state index contributed by atoms with van der Waals surface area (Å²) in [5, 5.41) is 1.61. The lowest BCUT2D eigenvalue weighted by Crippen LogP contribution is -2.25. The number of rotatable bonds is 4. The number of thiophene rings is 1. The Kier molecular flexibility index (Phi) is 3.87. The van der Waals surface area contributed by atoms with Crippen LogP contribution in [-0.4, -0.2) is 20.1 Å². The van der Waals surface area contributed by atoms with Crippen LogP contribution in [0.5, 0.6) is 5.75 Å². The first-order valence-corrected chi connectivity index (χ1v) is 8.03. The first-order chi connectivity index (χ1) is 9.36. The highest BCUT2D eigenvalue weighted by molar-refractivity contribution is 7.94. The van der Waals surface area contributed by atoms with Gasteiger partial charge in [-0.05, 0) is 30.0 Å². The third-order valence-electron chi connectivity index (χ3n) is 2.77. The van der Waals surface area contributed by atoms with Gasteiger partial charge in [0.2, 0.25) is 0 Å². The van der Waals surface area contributed by atoms with Crippen LogP contribution >= 0.6 is 11.3 Å². The minimum atomic E-state index is -3.84. The zero-order valence-corrected chi connectivity index (χ0v) is 12.8. The quantitative estimate of drug-likeness (QED) is 0.929. The summed E-state index contributed by atoms with van der Waals surface area (Å²) >= 11 is 1.03. The highest BCUT2D eigenvalue weighted by Gasteiger charge is 2.23. The summed E-state index contributed by atoms with van der Waals surface area (Å²) in [4.78, 5) is 12.0. The van der Waals surface area contributed by atoms with Gasteiger partial charge in [0.15, 0.2) is 4.21 Å². The molecule has 0 fully saturated rings. The van der Waals surface area contributed by atoms with Crippen molar-refractivity contribution in [1.82, 2.24) is 4.57 Å². The molecule has 0 atom stereocenters. The number of methoxy groups -OCH3 is 1. The monoisotopic (exact) mass is 314 g/mol. The van der Waals surface area contributed by atoms with E-state index in [4.69, 9.17) is 4.74 Å². The fourth-order valence-electron chi connectivity index (χ4n) is 1.66. The van der Waals surface area contributed by atoms with E-state index in [9.17, 15) is 13.2 Å². The van der Waals surface area contributed by atoms with Crippen LogP contribution < -0.4 is 15.0 Å². The lowest BCUT2D eigenvalue weighted by atomic mass is 10.2. The van der Waals surface area contributed by atoms with Gasteiger partial charge in [-0.3, -0.25) is 9.52 Å². The van der Waals surface area contributed by atoms with Crippen LogP contribution in [0.1, 0.15) is 5.56 Å². The SMILES string of the molecule is COc1ccsc1S(=O)(=O)Nc1c(C)ccn(C)c1=O. The number of pyridine rings is 1. The van der Waals surface area contributed by atoms with Crippen LogP contribution in [0.2, 0.25) is 0 Å². The number of hydrogen-bond donors (Lipinski definition) is 1. The summed E-state index contributed by atoms with van der Waals surface area (Å²) in [5.74, 6) is 0.257. The Morgan fingerprint density at radius 2 is 2.05 bits per heavy atom. The fourth-order valence-corrected chi connectivity index (χ4v) is 4.06. The number of anilines is 1. The number of aromatic nitrogens is 1. The Balaban J connectivity index is 2.50. The summed E-state index contributed by atoms with van der Waals surface area (Å²) in [6.45, 7) is 1.67. The lowest BCUT2D eigenvalue weighted by Gasteiger charge is -2.10. The standard InChI is InChI=1S/C12H14N2O4S2/c1-8-4-6-14(2)11(15)10(8)13-20(16,17)12-9(18-3)5-7-19-12/h4-7,13H,1-3H3. The molecule has 2 aromatic heterocycles. The first-order valence-electron chi connectivity index (χ1n) is 5.67. The summed E-state index contributed by atoms with van der Waals surface area (Å²) in [6.07, 6.45) is 1.58. The predicted molar refractivity (Wildman–Crippen MR) is 78.1 cm³/mol. The summed E-state index contributed by atoms with van der Waals surface area (Å²) in [6, 6.07) is 3.24. The molecule has 0 aliphatic heterocycles. The van der Waals surface area contributed by atoms with E-state index in [0.717, 1.165) is 11.3 Å². The van der Waals surface area contributed by atoms with Crippen molar-refractivity contribution in [3.8, 4) is 5.75 Å². The largest absolute Gasteiger partial charge is 0.494 e. The maximum atomic E-state index is 12.3. The topological polar surface area (TPSA) is 77.4 Å². The molecular formula is C12H14N2O4S2. The maximum Gasteiger partial charge on any atom is 0.275 e. The molecule has 2 heterocycles. The molecule has 0 aliphatic rings. The van der Waals surface area contributed by atoms with Crippen molar-refractivity contribution in [2.75, 3.05) is 11.8 Å². The molecular weight excluding hydrogens is 300 g/mol. The van der Waals surface area contributed by atoms with Crippen LogP contribution in [0, 0.1) is 6.92 Å². The molecule has 0 aromatic carbocycles. The molecule has 0 saturated carbocycles. The zero-order chi connectivity index (χ0) is 14.9. The van der Waals surface area contributed by atoms with Crippen LogP contribution in [0.4, 0.5) is 5.69 Å². The summed E-state index contributed by atoms with van der Waals surface area (Å²) in [7, 11) is -0.887. The van der Waals surface area contributed by atoms with Gasteiger partial charge in [-0.25, -0.2) is 8.42 Å². The second kappa shape index (κ2) is 5.29. The molecule has 108 valence electrons. The van der Waals surface area contributed by atoms with Gasteiger partial charge >= 0.3 is 0 Å². The van der Waals surface area contributed by atoms with Crippen molar-refractivity contribution in [2.45, 2.75) is 11.1 Å². The third kappa shape index (κ3) is 2.56. The molecule has 8 heteroatoms. The predicted octanol–water partition coefficient (Wildman–Crippen LogP) is 1.56. The van der Waals surface area contributed by atoms with E-state index in [1.54, 1.807) is 37.7 Å². The number of nitrogens with zero attached hydrogens (tertiary/aromatic N) is 1. The zero-order valence-electron chi connectivity index (χ0n) is 11.2. The Hall–Kier alpha value is -1.80. The molecule has 0 amide bonds. The van der Waals surface area contributed by atoms with E-state index in [-0.39, 0.29) is 15.6 Å². The van der Waals surface area contributed by atoms with E-state index < -0.39 is 15.6 Å². The average Bonchev–Trinajstić information content (AvgIpc) is 2.88. The Labute approximate surface area is 120 Å². The molecule has 0 spiro atoms. The number of hydrogen-bond acceptors (Lipinski definition) is 5. The number of nitrogens with one attached hydrogen (secondary N) is 1. The van der Waals surface area contributed by atoms with E-state index in [2.05, 4.69) is 4.72 Å². The van der Waals surface area contributed by atoms with E-state index in [1.165, 1.54) is 11.7 Å². The van der Waals surface area contributed by atoms with Gasteiger partial charge in [0, 0.05) is 13.2 Å². The number of sulfonamides is 1. The minimum absolute atomic E-state index is 0.0466. The van der Waals surface area contributed by atoms with Gasteiger partial charge in [-0.15, -0.1) is 11.3 Å². The molecule has 20 heavy (non-hydrogen) atoms. The fraction of sp³-hybridized carbons (Fsp3) is 0.250. The van der Waals surface area contributed by atoms with Gasteiger partial charge in [0.25, 0.3) is 15.6 Å². The van der Waals surface area contributed by atoms with Crippen molar-refractivity contribution < 1.29 is 13.2 Å². The highest BCUT2D eigenvalue weighted by atomic mass is 32.2. The minimum Gasteiger partial charge on any atom is -0.494 e. The first kappa shape index (κ1) is 14.6. The smallest absolute Gasteiger partial charge is 0.275 e. The average molecular weight is 314 g/mol. The van der Waals surface area contributed by atoms with Gasteiger partial charge in [0.05, 0.1) is 7.11 Å². The number of ether oxygens (including phenoxy) is 1. The van der Waals surface area contributed by atoms with Crippen molar-refractivity contribution >= 4 is 27.0 Å².